The summed E-state index contributed by atoms with van der Waals surface area (Å²) in [5, 5.41) is 11.5. The van der Waals surface area contributed by atoms with Crippen LogP contribution in [0.2, 0.25) is 5.02 Å². The van der Waals surface area contributed by atoms with Gasteiger partial charge in [-0.25, -0.2) is 4.39 Å². The van der Waals surface area contributed by atoms with Crippen LogP contribution in [0.4, 0.5) is 15.9 Å². The Morgan fingerprint density at radius 2 is 1.85 bits per heavy atom. The molecule has 0 spiro atoms. The van der Waals surface area contributed by atoms with Crippen LogP contribution in [0.5, 0.6) is 0 Å². The molecular formula is C19H18ClFN4S. The molecule has 0 aliphatic rings. The van der Waals surface area contributed by atoms with Crippen molar-refractivity contribution in [3.05, 3.63) is 76.2 Å². The Morgan fingerprint density at radius 3 is 2.54 bits per heavy atom. The van der Waals surface area contributed by atoms with E-state index in [4.69, 9.17) is 23.8 Å². The molecule has 0 amide bonds. The number of anilines is 2. The van der Waals surface area contributed by atoms with Gasteiger partial charge in [0.05, 0.1) is 6.54 Å². The van der Waals surface area contributed by atoms with Gasteiger partial charge in [0.15, 0.2) is 10.9 Å². The molecule has 0 saturated carbocycles. The number of nitrogens with zero attached hydrogens (tertiary/aromatic N) is 2. The van der Waals surface area contributed by atoms with Gasteiger partial charge in [0, 0.05) is 22.5 Å². The number of halogens is 2. The molecule has 0 atom stereocenters. The number of benzene rings is 2. The molecule has 0 aliphatic carbocycles. The monoisotopic (exact) mass is 388 g/mol. The predicted molar refractivity (Wildman–Crippen MR) is 108 cm³/mol. The van der Waals surface area contributed by atoms with Crippen molar-refractivity contribution in [2.45, 2.75) is 20.4 Å². The standard InChI is InChI=1S/C19H18ClFN4S/c1-12-3-7-16(8-4-12)22-19(26)23-18-9-13(2)25(24-18)11-14-5-6-15(21)10-17(14)20/h3-10H,11H2,1-2H3,(H2,22,23,24,26). The molecule has 0 bridgehead atoms. The third-order valence-electron chi connectivity index (χ3n) is 3.87. The van der Waals surface area contributed by atoms with Gasteiger partial charge in [0.1, 0.15) is 5.82 Å². The summed E-state index contributed by atoms with van der Waals surface area (Å²) in [7, 11) is 0. The molecule has 4 nitrogen and oxygen atoms in total. The van der Waals surface area contributed by atoms with Crippen LogP contribution in [-0.4, -0.2) is 14.9 Å². The summed E-state index contributed by atoms with van der Waals surface area (Å²) in [5.74, 6) is 0.274. The maximum absolute atomic E-state index is 13.2. The van der Waals surface area contributed by atoms with E-state index in [0.29, 0.717) is 22.5 Å². The van der Waals surface area contributed by atoms with Gasteiger partial charge in [-0.15, -0.1) is 0 Å². The first-order valence-corrected chi connectivity index (χ1v) is 8.82. The van der Waals surface area contributed by atoms with E-state index >= 15 is 0 Å². The second kappa shape index (κ2) is 7.85. The molecule has 0 aliphatic heterocycles. The van der Waals surface area contributed by atoms with Gasteiger partial charge < -0.3 is 10.6 Å². The van der Waals surface area contributed by atoms with Crippen LogP contribution < -0.4 is 10.6 Å². The molecule has 1 aromatic heterocycles. The third-order valence-corrected chi connectivity index (χ3v) is 4.42. The number of rotatable bonds is 4. The zero-order chi connectivity index (χ0) is 18.7. The first-order valence-electron chi connectivity index (χ1n) is 8.04. The Hall–Kier alpha value is -2.44. The van der Waals surface area contributed by atoms with Crippen molar-refractivity contribution in [2.24, 2.45) is 0 Å². The second-order valence-corrected chi connectivity index (χ2v) is 6.82. The number of hydrogen-bond donors (Lipinski definition) is 2. The van der Waals surface area contributed by atoms with Gasteiger partial charge in [0.25, 0.3) is 0 Å². The quantitative estimate of drug-likeness (QED) is 0.606. The van der Waals surface area contributed by atoms with E-state index < -0.39 is 0 Å². The SMILES string of the molecule is Cc1ccc(NC(=S)Nc2cc(C)n(Cc3ccc(F)cc3Cl)n2)cc1. The van der Waals surface area contributed by atoms with Crippen LogP contribution in [0.1, 0.15) is 16.8 Å². The summed E-state index contributed by atoms with van der Waals surface area (Å²) in [6.07, 6.45) is 0. The molecule has 1 heterocycles. The molecule has 0 radical (unpaired) electrons. The van der Waals surface area contributed by atoms with Crippen molar-refractivity contribution in [1.82, 2.24) is 9.78 Å². The number of thiocarbonyl (C=S) groups is 1. The Morgan fingerprint density at radius 1 is 1.12 bits per heavy atom. The summed E-state index contributed by atoms with van der Waals surface area (Å²) in [5.41, 5.74) is 3.82. The molecular weight excluding hydrogens is 371 g/mol. The molecule has 7 heteroatoms. The van der Waals surface area contributed by atoms with Gasteiger partial charge in [-0.1, -0.05) is 35.4 Å². The van der Waals surface area contributed by atoms with Crippen molar-refractivity contribution in [2.75, 3.05) is 10.6 Å². The average Bonchev–Trinajstić information content (AvgIpc) is 2.91. The predicted octanol–water partition coefficient (Wildman–Crippen LogP) is 5.15. The zero-order valence-electron chi connectivity index (χ0n) is 14.4. The van der Waals surface area contributed by atoms with E-state index in [1.165, 1.54) is 17.7 Å². The van der Waals surface area contributed by atoms with Gasteiger partial charge in [-0.3, -0.25) is 4.68 Å². The maximum Gasteiger partial charge on any atom is 0.176 e. The summed E-state index contributed by atoms with van der Waals surface area (Å²) >= 11 is 11.4. The Balaban J connectivity index is 1.67. The molecule has 2 N–H and O–H groups in total. The summed E-state index contributed by atoms with van der Waals surface area (Å²) < 4.78 is 15.0. The topological polar surface area (TPSA) is 41.9 Å². The fourth-order valence-electron chi connectivity index (χ4n) is 2.46. The second-order valence-electron chi connectivity index (χ2n) is 6.01. The van der Waals surface area contributed by atoms with Gasteiger partial charge in [-0.05, 0) is 55.9 Å². The van der Waals surface area contributed by atoms with E-state index in [0.717, 1.165) is 16.9 Å². The van der Waals surface area contributed by atoms with E-state index in [2.05, 4.69) is 15.7 Å². The summed E-state index contributed by atoms with van der Waals surface area (Å²) in [6, 6.07) is 14.2. The van der Waals surface area contributed by atoms with E-state index in [1.807, 2.05) is 44.2 Å². The van der Waals surface area contributed by atoms with E-state index in [9.17, 15) is 4.39 Å². The van der Waals surface area contributed by atoms with Crippen molar-refractivity contribution >= 4 is 40.4 Å². The molecule has 26 heavy (non-hydrogen) atoms. The minimum absolute atomic E-state index is 0.356. The lowest BCUT2D eigenvalue weighted by atomic mass is 10.2. The van der Waals surface area contributed by atoms with E-state index in [-0.39, 0.29) is 5.82 Å². The normalized spacial score (nSPS) is 10.6. The number of nitrogens with one attached hydrogen (secondary N) is 2. The lowest BCUT2D eigenvalue weighted by Crippen LogP contribution is -2.19. The van der Waals surface area contributed by atoms with Crippen LogP contribution in [0, 0.1) is 19.7 Å². The molecule has 0 fully saturated rings. The lowest BCUT2D eigenvalue weighted by molar-refractivity contribution is 0.623. The third kappa shape index (κ3) is 4.59. The van der Waals surface area contributed by atoms with Crippen molar-refractivity contribution in [3.63, 3.8) is 0 Å². The van der Waals surface area contributed by atoms with Crippen LogP contribution in [-0.2, 0) is 6.54 Å². The van der Waals surface area contributed by atoms with E-state index in [1.54, 1.807) is 10.7 Å². The van der Waals surface area contributed by atoms with Gasteiger partial charge in [-0.2, -0.15) is 5.10 Å². The van der Waals surface area contributed by atoms with Crippen LogP contribution in [0.15, 0.2) is 48.5 Å². The van der Waals surface area contributed by atoms with Crippen molar-refractivity contribution in [3.8, 4) is 0 Å². The highest BCUT2D eigenvalue weighted by atomic mass is 35.5. The highest BCUT2D eigenvalue weighted by molar-refractivity contribution is 7.80. The van der Waals surface area contributed by atoms with Gasteiger partial charge in [0.2, 0.25) is 0 Å². The zero-order valence-corrected chi connectivity index (χ0v) is 16.0. The summed E-state index contributed by atoms with van der Waals surface area (Å²) in [6.45, 7) is 4.42. The molecule has 134 valence electrons. The highest BCUT2D eigenvalue weighted by Gasteiger charge is 2.09. The van der Waals surface area contributed by atoms with Crippen LogP contribution in [0.3, 0.4) is 0 Å². The highest BCUT2D eigenvalue weighted by Crippen LogP contribution is 2.20. The van der Waals surface area contributed by atoms with Crippen molar-refractivity contribution in [1.29, 1.82) is 0 Å². The Kier molecular flexibility index (Phi) is 5.54. The molecule has 0 unspecified atom stereocenters. The minimum atomic E-state index is -0.356. The van der Waals surface area contributed by atoms with Crippen molar-refractivity contribution < 1.29 is 4.39 Å². The maximum atomic E-state index is 13.2. The fraction of sp³-hybridized carbons (Fsp3) is 0.158. The minimum Gasteiger partial charge on any atom is -0.332 e. The Bertz CT molecular complexity index is 937. The molecule has 3 rings (SSSR count). The Labute approximate surface area is 162 Å². The van der Waals surface area contributed by atoms with Crippen LogP contribution in [0.25, 0.3) is 0 Å². The summed E-state index contributed by atoms with van der Waals surface area (Å²) in [4.78, 5) is 0. The number of aromatic nitrogens is 2. The lowest BCUT2D eigenvalue weighted by Gasteiger charge is -2.09. The molecule has 2 aromatic carbocycles. The largest absolute Gasteiger partial charge is 0.332 e. The number of hydrogen-bond acceptors (Lipinski definition) is 2. The first kappa shape index (κ1) is 18.4. The average molecular weight is 389 g/mol. The first-order chi connectivity index (χ1) is 12.4. The fourth-order valence-corrected chi connectivity index (χ4v) is 2.91. The van der Waals surface area contributed by atoms with Crippen LogP contribution >= 0.6 is 23.8 Å². The molecule has 3 aromatic rings. The van der Waals surface area contributed by atoms with Gasteiger partial charge >= 0.3 is 0 Å². The number of aryl methyl sites for hydroxylation is 2. The smallest absolute Gasteiger partial charge is 0.176 e. The molecule has 0 saturated heterocycles.